The van der Waals surface area contributed by atoms with E-state index in [0.29, 0.717) is 6.61 Å². The van der Waals surface area contributed by atoms with Crippen LogP contribution in [0, 0.1) is 0 Å². The fraction of sp³-hybridized carbons (Fsp3) is 0.125. The number of rotatable bonds is 3. The minimum Gasteiger partial charge on any atom is -0.268 e. The highest BCUT2D eigenvalue weighted by atomic mass is 35.5. The maximum atomic E-state index is 10.2. The van der Waals surface area contributed by atoms with Gasteiger partial charge in [-0.3, -0.25) is 9.63 Å². The third-order valence-corrected chi connectivity index (χ3v) is 1.31. The Morgan fingerprint density at radius 2 is 2.08 bits per heavy atom. The molecule has 1 aromatic rings. The molecule has 0 spiro atoms. The fourth-order valence-corrected chi connectivity index (χ4v) is 0.805. The Morgan fingerprint density at radius 3 is 2.67 bits per heavy atom. The lowest BCUT2D eigenvalue weighted by molar-refractivity contribution is 0.0571. The molecule has 0 aliphatic carbocycles. The predicted octanol–water partition coefficient (Wildman–Crippen LogP) is 2.07. The number of benzene rings is 1. The molecule has 1 rings (SSSR count). The topological polar surface area (TPSA) is 38.3 Å². The van der Waals surface area contributed by atoms with Crippen molar-refractivity contribution in [2.24, 2.45) is 0 Å². The molecule has 0 bridgehead atoms. The highest BCUT2D eigenvalue weighted by molar-refractivity contribution is 6.62. The van der Waals surface area contributed by atoms with Crippen molar-refractivity contribution in [2.45, 2.75) is 6.61 Å². The molecule has 0 unspecified atom stereocenters. The van der Waals surface area contributed by atoms with Crippen molar-refractivity contribution in [2.75, 3.05) is 0 Å². The maximum Gasteiger partial charge on any atom is 0.337 e. The van der Waals surface area contributed by atoms with Crippen LogP contribution in [0.25, 0.3) is 0 Å². The number of nitrogens with one attached hydrogen (secondary N) is 1. The van der Waals surface area contributed by atoms with Gasteiger partial charge >= 0.3 is 5.37 Å². The third kappa shape index (κ3) is 3.37. The standard InChI is InChI=1S/C8H8ClNO2/c9-8(11)10-12-6-7-4-2-1-3-5-7/h1-5H,6H2,(H,10,11). The van der Waals surface area contributed by atoms with Crippen LogP contribution >= 0.6 is 11.6 Å². The van der Waals surface area contributed by atoms with Crippen LogP contribution in [0.2, 0.25) is 0 Å². The van der Waals surface area contributed by atoms with E-state index in [9.17, 15) is 4.79 Å². The van der Waals surface area contributed by atoms with Crippen molar-refractivity contribution >= 4 is 17.0 Å². The van der Waals surface area contributed by atoms with E-state index in [1.807, 2.05) is 35.8 Å². The molecule has 0 aromatic heterocycles. The summed E-state index contributed by atoms with van der Waals surface area (Å²) in [6, 6.07) is 9.47. The summed E-state index contributed by atoms with van der Waals surface area (Å²) in [5, 5.41) is -0.717. The van der Waals surface area contributed by atoms with Crippen molar-refractivity contribution in [3.8, 4) is 0 Å². The molecular formula is C8H8ClNO2. The molecule has 4 heteroatoms. The molecule has 0 fully saturated rings. The van der Waals surface area contributed by atoms with Gasteiger partial charge in [-0.15, -0.1) is 0 Å². The zero-order chi connectivity index (χ0) is 8.81. The molecule has 0 saturated carbocycles. The Morgan fingerprint density at radius 1 is 1.42 bits per heavy atom. The number of amides is 1. The van der Waals surface area contributed by atoms with Gasteiger partial charge in [0.2, 0.25) is 0 Å². The molecule has 0 aliphatic heterocycles. The highest BCUT2D eigenvalue weighted by Crippen LogP contribution is 1.98. The average molecular weight is 186 g/mol. The van der Waals surface area contributed by atoms with Crippen LogP contribution in [0.1, 0.15) is 5.56 Å². The van der Waals surface area contributed by atoms with Crippen LogP contribution in [0.3, 0.4) is 0 Å². The fourth-order valence-electron chi connectivity index (χ4n) is 0.750. The number of carbonyl (C=O) groups is 1. The second-order valence-electron chi connectivity index (χ2n) is 2.15. The van der Waals surface area contributed by atoms with E-state index in [1.54, 1.807) is 0 Å². The lowest BCUT2D eigenvalue weighted by Gasteiger charge is -2.01. The van der Waals surface area contributed by atoms with Crippen LogP contribution in [0.4, 0.5) is 4.79 Å². The summed E-state index contributed by atoms with van der Waals surface area (Å²) in [7, 11) is 0. The SMILES string of the molecule is O=C(Cl)NOCc1ccccc1. The van der Waals surface area contributed by atoms with Gasteiger partial charge in [-0.05, 0) is 17.2 Å². The van der Waals surface area contributed by atoms with Crippen LogP contribution in [0.5, 0.6) is 0 Å². The van der Waals surface area contributed by atoms with Gasteiger partial charge in [0, 0.05) is 0 Å². The number of hydrogen-bond acceptors (Lipinski definition) is 2. The van der Waals surface area contributed by atoms with Crippen molar-refractivity contribution in [3.63, 3.8) is 0 Å². The first kappa shape index (κ1) is 9.03. The molecule has 0 heterocycles. The molecule has 0 saturated heterocycles. The van der Waals surface area contributed by atoms with Gasteiger partial charge in [-0.2, -0.15) is 0 Å². The van der Waals surface area contributed by atoms with Gasteiger partial charge in [-0.1, -0.05) is 30.3 Å². The number of carbonyl (C=O) groups excluding carboxylic acids is 1. The minimum absolute atomic E-state index is 0.319. The second-order valence-corrected chi connectivity index (χ2v) is 2.49. The van der Waals surface area contributed by atoms with Gasteiger partial charge in [0.25, 0.3) is 0 Å². The minimum atomic E-state index is -0.717. The Labute approximate surface area is 75.2 Å². The molecule has 0 atom stereocenters. The zero-order valence-corrected chi connectivity index (χ0v) is 7.04. The highest BCUT2D eigenvalue weighted by Gasteiger charge is 1.93. The number of hydroxylamine groups is 1. The smallest absolute Gasteiger partial charge is 0.268 e. The van der Waals surface area contributed by atoms with Gasteiger partial charge in [0.05, 0.1) is 6.61 Å². The van der Waals surface area contributed by atoms with Gasteiger partial charge in [0.1, 0.15) is 0 Å². The summed E-state index contributed by atoms with van der Waals surface area (Å²) >= 11 is 4.97. The van der Waals surface area contributed by atoms with Crippen molar-refractivity contribution in [3.05, 3.63) is 35.9 Å². The van der Waals surface area contributed by atoms with E-state index in [0.717, 1.165) is 5.56 Å². The van der Waals surface area contributed by atoms with Crippen molar-refractivity contribution in [1.82, 2.24) is 5.48 Å². The van der Waals surface area contributed by atoms with E-state index in [4.69, 9.17) is 16.4 Å². The summed E-state index contributed by atoms with van der Waals surface area (Å²) in [4.78, 5) is 14.9. The van der Waals surface area contributed by atoms with Crippen molar-refractivity contribution in [1.29, 1.82) is 0 Å². The molecule has 1 amide bonds. The van der Waals surface area contributed by atoms with E-state index >= 15 is 0 Å². The third-order valence-electron chi connectivity index (χ3n) is 1.23. The van der Waals surface area contributed by atoms with E-state index < -0.39 is 5.37 Å². The number of halogens is 1. The van der Waals surface area contributed by atoms with Gasteiger partial charge in [-0.25, -0.2) is 5.48 Å². The van der Waals surface area contributed by atoms with Crippen LogP contribution < -0.4 is 5.48 Å². The summed E-state index contributed by atoms with van der Waals surface area (Å²) in [6.07, 6.45) is 0. The zero-order valence-electron chi connectivity index (χ0n) is 6.29. The summed E-state index contributed by atoms with van der Waals surface area (Å²) in [5.74, 6) is 0. The summed E-state index contributed by atoms with van der Waals surface area (Å²) in [5.41, 5.74) is 3.00. The predicted molar refractivity (Wildman–Crippen MR) is 45.6 cm³/mol. The first-order valence-corrected chi connectivity index (χ1v) is 3.78. The molecule has 1 N–H and O–H groups in total. The van der Waals surface area contributed by atoms with Crippen LogP contribution in [-0.2, 0) is 11.4 Å². The Balaban J connectivity index is 2.29. The van der Waals surface area contributed by atoms with Gasteiger partial charge in [0.15, 0.2) is 0 Å². The Hall–Kier alpha value is -1.06. The van der Waals surface area contributed by atoms with E-state index in [-0.39, 0.29) is 0 Å². The Bertz CT molecular complexity index is 250. The molecule has 12 heavy (non-hydrogen) atoms. The first-order chi connectivity index (χ1) is 5.79. The summed E-state index contributed by atoms with van der Waals surface area (Å²) in [6.45, 7) is 0.319. The summed E-state index contributed by atoms with van der Waals surface area (Å²) < 4.78 is 0. The molecule has 0 radical (unpaired) electrons. The van der Waals surface area contributed by atoms with E-state index in [1.165, 1.54) is 0 Å². The lowest BCUT2D eigenvalue weighted by Crippen LogP contribution is -2.16. The molecule has 0 aliphatic rings. The van der Waals surface area contributed by atoms with Gasteiger partial charge < -0.3 is 0 Å². The average Bonchev–Trinajstić information content (AvgIpc) is 2.05. The normalized spacial score (nSPS) is 9.42. The first-order valence-electron chi connectivity index (χ1n) is 3.40. The lowest BCUT2D eigenvalue weighted by atomic mass is 10.2. The molecular weight excluding hydrogens is 178 g/mol. The van der Waals surface area contributed by atoms with E-state index in [2.05, 4.69) is 0 Å². The van der Waals surface area contributed by atoms with Crippen LogP contribution in [-0.4, -0.2) is 5.37 Å². The largest absolute Gasteiger partial charge is 0.337 e. The maximum absolute atomic E-state index is 10.2. The van der Waals surface area contributed by atoms with Crippen LogP contribution in [0.15, 0.2) is 30.3 Å². The number of hydrogen-bond donors (Lipinski definition) is 1. The molecule has 1 aromatic carbocycles. The quantitative estimate of drug-likeness (QED) is 0.445. The monoisotopic (exact) mass is 185 g/mol. The van der Waals surface area contributed by atoms with Crippen molar-refractivity contribution < 1.29 is 9.63 Å². The molecule has 3 nitrogen and oxygen atoms in total. The molecule has 64 valence electrons. The second kappa shape index (κ2) is 4.74. The Kier molecular flexibility index (Phi) is 3.57.